The summed E-state index contributed by atoms with van der Waals surface area (Å²) in [5.74, 6) is 0. The lowest BCUT2D eigenvalue weighted by Crippen LogP contribution is -2.20. The van der Waals surface area contributed by atoms with Crippen LogP contribution in [0.4, 0.5) is 5.69 Å². The summed E-state index contributed by atoms with van der Waals surface area (Å²) in [6, 6.07) is 28.8. The van der Waals surface area contributed by atoms with Crippen molar-refractivity contribution in [2.45, 2.75) is 20.3 Å². The van der Waals surface area contributed by atoms with Crippen molar-refractivity contribution >= 4 is 11.3 Å². The Labute approximate surface area is 168 Å². The molecule has 0 amide bonds. The monoisotopic (exact) mass is 368 g/mol. The fourth-order valence-corrected chi connectivity index (χ4v) is 3.49. The Hall–Kier alpha value is -3.26. The van der Waals surface area contributed by atoms with Crippen molar-refractivity contribution in [3.8, 4) is 11.1 Å². The van der Waals surface area contributed by atoms with Crippen molar-refractivity contribution in [2.24, 2.45) is 11.1 Å². The zero-order valence-corrected chi connectivity index (χ0v) is 16.6. The summed E-state index contributed by atoms with van der Waals surface area (Å²) in [4.78, 5) is 0. The van der Waals surface area contributed by atoms with E-state index >= 15 is 0 Å². The second-order valence-corrected chi connectivity index (χ2v) is 7.74. The minimum absolute atomic E-state index is 0.0922. The van der Waals surface area contributed by atoms with Gasteiger partial charge in [-0.05, 0) is 52.3 Å². The van der Waals surface area contributed by atoms with Crippen LogP contribution < -0.4 is 11.5 Å². The smallest absolute Gasteiger partial charge is 0.0314 e. The highest BCUT2D eigenvalue weighted by molar-refractivity contribution is 5.73. The summed E-state index contributed by atoms with van der Waals surface area (Å²) in [6.07, 6.45) is 5.02. The maximum Gasteiger partial charge on any atom is 0.0314 e. The molecule has 0 saturated carbocycles. The number of benzene rings is 3. The molecule has 0 saturated heterocycles. The number of rotatable bonds is 2. The average molecular weight is 369 g/mol. The van der Waals surface area contributed by atoms with E-state index in [9.17, 15) is 0 Å². The van der Waals surface area contributed by atoms with E-state index in [0.717, 1.165) is 17.8 Å². The molecule has 3 aromatic carbocycles. The zero-order chi connectivity index (χ0) is 20.0. The first kappa shape index (κ1) is 19.5. The van der Waals surface area contributed by atoms with E-state index in [4.69, 9.17) is 11.5 Å². The van der Waals surface area contributed by atoms with E-state index in [1.165, 1.54) is 22.3 Å². The highest BCUT2D eigenvalue weighted by Gasteiger charge is 2.27. The van der Waals surface area contributed by atoms with Crippen LogP contribution in [0.15, 0.2) is 103 Å². The van der Waals surface area contributed by atoms with E-state index in [-0.39, 0.29) is 5.41 Å². The molecule has 4 rings (SSSR count). The number of allylic oxidation sites excluding steroid dienone is 4. The average Bonchev–Trinajstić information content (AvgIpc) is 2.70. The Morgan fingerprint density at radius 1 is 0.607 bits per heavy atom. The van der Waals surface area contributed by atoms with E-state index in [1.54, 1.807) is 0 Å². The third-order valence-electron chi connectivity index (χ3n) is 4.94. The van der Waals surface area contributed by atoms with Gasteiger partial charge in [-0.2, -0.15) is 0 Å². The van der Waals surface area contributed by atoms with E-state index in [1.807, 2.05) is 30.3 Å². The molecule has 0 spiro atoms. The molecule has 0 radical (unpaired) electrons. The molecule has 0 bridgehead atoms. The van der Waals surface area contributed by atoms with Gasteiger partial charge in [0.1, 0.15) is 0 Å². The van der Waals surface area contributed by atoms with Crippen LogP contribution in [0.25, 0.3) is 16.7 Å². The topological polar surface area (TPSA) is 52.0 Å². The van der Waals surface area contributed by atoms with Crippen LogP contribution in [-0.2, 0) is 0 Å². The molecule has 0 aliphatic heterocycles. The molecule has 0 unspecified atom stereocenters. The fraction of sp³-hybridized carbons (Fsp3) is 0.154. The fourth-order valence-electron chi connectivity index (χ4n) is 3.49. The van der Waals surface area contributed by atoms with Gasteiger partial charge in [0.15, 0.2) is 0 Å². The normalized spacial score (nSPS) is 14.9. The summed E-state index contributed by atoms with van der Waals surface area (Å²) in [7, 11) is 0. The lowest BCUT2D eigenvalue weighted by Gasteiger charge is -2.31. The molecular formula is C26H28N2. The van der Waals surface area contributed by atoms with Gasteiger partial charge in [0, 0.05) is 11.4 Å². The van der Waals surface area contributed by atoms with Gasteiger partial charge in [0.25, 0.3) is 0 Å². The highest BCUT2D eigenvalue weighted by Crippen LogP contribution is 2.41. The standard InChI is InChI=1S/C14H18N2.C12H10/c1-14(2)9-12(16)7-8-13(14)10-3-5-11(15)6-4-10;1-3-7-11(8-4-1)12-9-5-2-6-10-12/h3-8H,9,15-16H2,1-2H3;1-10H. The Kier molecular flexibility index (Phi) is 6.00. The molecule has 0 heterocycles. The van der Waals surface area contributed by atoms with Crippen LogP contribution in [0.2, 0.25) is 0 Å². The lowest BCUT2D eigenvalue weighted by atomic mass is 9.74. The number of nitrogens with two attached hydrogens (primary N) is 2. The van der Waals surface area contributed by atoms with Crippen molar-refractivity contribution in [3.05, 3.63) is 108 Å². The molecule has 2 heteroatoms. The van der Waals surface area contributed by atoms with E-state index in [2.05, 4.69) is 80.6 Å². The van der Waals surface area contributed by atoms with Crippen molar-refractivity contribution in [1.29, 1.82) is 0 Å². The van der Waals surface area contributed by atoms with Crippen molar-refractivity contribution in [3.63, 3.8) is 0 Å². The van der Waals surface area contributed by atoms with Gasteiger partial charge in [-0.1, -0.05) is 92.7 Å². The van der Waals surface area contributed by atoms with Crippen LogP contribution in [-0.4, -0.2) is 0 Å². The lowest BCUT2D eigenvalue weighted by molar-refractivity contribution is 0.488. The molecule has 0 aromatic heterocycles. The molecule has 0 fully saturated rings. The molecule has 4 N–H and O–H groups in total. The first-order valence-electron chi connectivity index (χ1n) is 9.59. The predicted molar refractivity (Wildman–Crippen MR) is 121 cm³/mol. The van der Waals surface area contributed by atoms with Gasteiger partial charge >= 0.3 is 0 Å². The first-order chi connectivity index (χ1) is 13.5. The number of hydrogen-bond acceptors (Lipinski definition) is 2. The second-order valence-electron chi connectivity index (χ2n) is 7.74. The quantitative estimate of drug-likeness (QED) is 0.523. The Morgan fingerprint density at radius 2 is 1.11 bits per heavy atom. The molecule has 2 nitrogen and oxygen atoms in total. The summed E-state index contributed by atoms with van der Waals surface area (Å²) < 4.78 is 0. The van der Waals surface area contributed by atoms with Gasteiger partial charge in [-0.15, -0.1) is 0 Å². The zero-order valence-electron chi connectivity index (χ0n) is 16.6. The number of anilines is 1. The Balaban J connectivity index is 0.000000167. The molecule has 142 valence electrons. The van der Waals surface area contributed by atoms with Gasteiger partial charge < -0.3 is 11.5 Å². The highest BCUT2D eigenvalue weighted by atomic mass is 14.6. The number of hydrogen-bond donors (Lipinski definition) is 2. The minimum Gasteiger partial charge on any atom is -0.402 e. The first-order valence-corrected chi connectivity index (χ1v) is 9.59. The summed E-state index contributed by atoms with van der Waals surface area (Å²) in [6.45, 7) is 4.43. The third kappa shape index (κ3) is 4.92. The van der Waals surface area contributed by atoms with Crippen LogP contribution in [0.5, 0.6) is 0 Å². The maximum atomic E-state index is 5.87. The van der Waals surface area contributed by atoms with E-state index < -0.39 is 0 Å². The van der Waals surface area contributed by atoms with Crippen LogP contribution in [0, 0.1) is 5.41 Å². The third-order valence-corrected chi connectivity index (χ3v) is 4.94. The van der Waals surface area contributed by atoms with Crippen molar-refractivity contribution in [1.82, 2.24) is 0 Å². The summed E-state index contributed by atoms with van der Waals surface area (Å²) in [5.41, 5.74) is 18.5. The van der Waals surface area contributed by atoms with Crippen molar-refractivity contribution in [2.75, 3.05) is 5.73 Å². The SMILES string of the molecule is CC1(C)CC(N)=CC=C1c1ccc(N)cc1.c1ccc(-c2ccccc2)cc1. The van der Waals surface area contributed by atoms with Gasteiger partial charge in [-0.3, -0.25) is 0 Å². The van der Waals surface area contributed by atoms with Gasteiger partial charge in [0.2, 0.25) is 0 Å². The Morgan fingerprint density at radius 3 is 1.57 bits per heavy atom. The van der Waals surface area contributed by atoms with E-state index in [0.29, 0.717) is 0 Å². The largest absolute Gasteiger partial charge is 0.402 e. The summed E-state index contributed by atoms with van der Waals surface area (Å²) >= 11 is 0. The molecular weight excluding hydrogens is 340 g/mol. The second kappa shape index (κ2) is 8.62. The Bertz CT molecular complexity index is 913. The summed E-state index contributed by atoms with van der Waals surface area (Å²) in [5, 5.41) is 0. The maximum absolute atomic E-state index is 5.87. The van der Waals surface area contributed by atoms with Crippen LogP contribution >= 0.6 is 0 Å². The molecule has 28 heavy (non-hydrogen) atoms. The number of nitrogen functional groups attached to an aromatic ring is 1. The predicted octanol–water partition coefficient (Wildman–Crippen LogP) is 6.28. The van der Waals surface area contributed by atoms with Crippen molar-refractivity contribution < 1.29 is 0 Å². The molecule has 1 aliphatic rings. The van der Waals surface area contributed by atoms with Crippen LogP contribution in [0.1, 0.15) is 25.8 Å². The molecule has 0 atom stereocenters. The molecule has 1 aliphatic carbocycles. The van der Waals surface area contributed by atoms with Crippen LogP contribution in [0.3, 0.4) is 0 Å². The minimum atomic E-state index is 0.0922. The van der Waals surface area contributed by atoms with Gasteiger partial charge in [-0.25, -0.2) is 0 Å². The molecule has 3 aromatic rings. The van der Waals surface area contributed by atoms with Gasteiger partial charge in [0.05, 0.1) is 0 Å².